The van der Waals surface area contributed by atoms with Gasteiger partial charge in [-0.25, -0.2) is 8.42 Å². The summed E-state index contributed by atoms with van der Waals surface area (Å²) in [5.74, 6) is 0.812. The second-order valence-electron chi connectivity index (χ2n) is 4.20. The van der Waals surface area contributed by atoms with E-state index >= 15 is 0 Å². The molecule has 0 fully saturated rings. The Morgan fingerprint density at radius 3 is 2.56 bits per heavy atom. The maximum atomic E-state index is 11.3. The fourth-order valence-corrected chi connectivity index (χ4v) is 2.69. The van der Waals surface area contributed by atoms with Gasteiger partial charge in [0.1, 0.15) is 5.75 Å². The summed E-state index contributed by atoms with van der Waals surface area (Å²) in [6.07, 6.45) is 1.26. The first kappa shape index (κ1) is 15.0. The van der Waals surface area contributed by atoms with Crippen LogP contribution in [0.3, 0.4) is 0 Å². The molecule has 0 amide bonds. The molecule has 0 aromatic heterocycles. The molecule has 0 aliphatic rings. The van der Waals surface area contributed by atoms with Crippen molar-refractivity contribution in [1.82, 2.24) is 0 Å². The van der Waals surface area contributed by atoms with E-state index in [-0.39, 0.29) is 18.1 Å². The predicted molar refractivity (Wildman–Crippen MR) is 71.6 cm³/mol. The molecule has 1 rings (SSSR count). The first-order valence-corrected chi connectivity index (χ1v) is 7.87. The number of aliphatic hydroxyl groups excluding tert-OH is 1. The smallest absolute Gasteiger partial charge is 0.152 e. The number of para-hydroxylation sites is 1. The number of ether oxygens (including phenoxy) is 1. The first-order valence-electron chi connectivity index (χ1n) is 6.05. The van der Waals surface area contributed by atoms with Crippen LogP contribution < -0.4 is 4.74 Å². The molecule has 1 aromatic carbocycles. The monoisotopic (exact) mass is 272 g/mol. The number of hydrogen-bond acceptors (Lipinski definition) is 4. The maximum Gasteiger partial charge on any atom is 0.152 e. The van der Waals surface area contributed by atoms with Crippen LogP contribution in [0.5, 0.6) is 5.75 Å². The van der Waals surface area contributed by atoms with Crippen LogP contribution in [-0.2, 0) is 9.84 Å². The summed E-state index contributed by atoms with van der Waals surface area (Å²) in [5, 5.41) is 8.58. The Labute approximate surface area is 109 Å². The number of unbranched alkanes of at least 4 members (excludes halogenated alkanes) is 1. The van der Waals surface area contributed by atoms with Crippen molar-refractivity contribution in [2.75, 3.05) is 24.7 Å². The van der Waals surface area contributed by atoms with E-state index in [0.29, 0.717) is 19.4 Å². The molecular weight excluding hydrogens is 252 g/mol. The SMILES string of the molecule is Cc1ccccc1OCCCCS(=O)(=O)CCO. The lowest BCUT2D eigenvalue weighted by Gasteiger charge is -2.08. The predicted octanol–water partition coefficient (Wildman–Crippen LogP) is 1.56. The van der Waals surface area contributed by atoms with Gasteiger partial charge in [-0.3, -0.25) is 0 Å². The quantitative estimate of drug-likeness (QED) is 0.729. The minimum atomic E-state index is -3.09. The normalized spacial score (nSPS) is 11.4. The summed E-state index contributed by atoms with van der Waals surface area (Å²) < 4.78 is 28.2. The summed E-state index contributed by atoms with van der Waals surface area (Å²) in [4.78, 5) is 0. The Kier molecular flexibility index (Phi) is 6.15. The molecule has 4 nitrogen and oxygen atoms in total. The van der Waals surface area contributed by atoms with E-state index < -0.39 is 9.84 Å². The molecule has 5 heteroatoms. The average molecular weight is 272 g/mol. The summed E-state index contributed by atoms with van der Waals surface area (Å²) >= 11 is 0. The Hall–Kier alpha value is -1.07. The molecule has 0 bridgehead atoms. The number of aliphatic hydroxyl groups is 1. The minimum absolute atomic E-state index is 0.116. The third-order valence-corrected chi connectivity index (χ3v) is 4.32. The van der Waals surface area contributed by atoms with Crippen LogP contribution in [-0.4, -0.2) is 38.2 Å². The van der Waals surface area contributed by atoms with Crippen LogP contribution in [0.15, 0.2) is 24.3 Å². The van der Waals surface area contributed by atoms with Crippen LogP contribution in [0, 0.1) is 6.92 Å². The number of rotatable bonds is 8. The third kappa shape index (κ3) is 5.51. The van der Waals surface area contributed by atoms with Crippen molar-refractivity contribution in [3.8, 4) is 5.75 Å². The Morgan fingerprint density at radius 1 is 1.17 bits per heavy atom. The summed E-state index contributed by atoms with van der Waals surface area (Å²) in [6.45, 7) is 2.18. The van der Waals surface area contributed by atoms with Gasteiger partial charge in [-0.05, 0) is 31.4 Å². The van der Waals surface area contributed by atoms with E-state index in [0.717, 1.165) is 11.3 Å². The summed E-state index contributed by atoms with van der Waals surface area (Å²) in [5.41, 5.74) is 1.07. The standard InChI is InChI=1S/C13H20O4S/c1-12-6-2-3-7-13(12)17-9-4-5-10-18(15,16)11-8-14/h2-3,6-7,14H,4-5,8-11H2,1H3. The largest absolute Gasteiger partial charge is 0.493 e. The minimum Gasteiger partial charge on any atom is -0.493 e. The van der Waals surface area contributed by atoms with E-state index in [1.807, 2.05) is 31.2 Å². The molecule has 1 aromatic rings. The second-order valence-corrected chi connectivity index (χ2v) is 6.50. The molecule has 0 atom stereocenters. The van der Waals surface area contributed by atoms with Gasteiger partial charge in [0.05, 0.1) is 24.7 Å². The lowest BCUT2D eigenvalue weighted by atomic mass is 10.2. The second kappa shape index (κ2) is 7.38. The third-order valence-electron chi connectivity index (χ3n) is 2.60. The van der Waals surface area contributed by atoms with Gasteiger partial charge in [0, 0.05) is 0 Å². The van der Waals surface area contributed by atoms with Gasteiger partial charge in [-0.1, -0.05) is 18.2 Å². The topological polar surface area (TPSA) is 63.6 Å². The molecular formula is C13H20O4S. The highest BCUT2D eigenvalue weighted by molar-refractivity contribution is 7.91. The van der Waals surface area contributed by atoms with Gasteiger partial charge in [-0.2, -0.15) is 0 Å². The van der Waals surface area contributed by atoms with Gasteiger partial charge >= 0.3 is 0 Å². The zero-order chi connectivity index (χ0) is 13.4. The molecule has 1 N–H and O–H groups in total. The van der Waals surface area contributed by atoms with Crippen molar-refractivity contribution < 1.29 is 18.3 Å². The highest BCUT2D eigenvalue weighted by atomic mass is 32.2. The number of aryl methyl sites for hydroxylation is 1. The van der Waals surface area contributed by atoms with Crippen LogP contribution in [0.1, 0.15) is 18.4 Å². The van der Waals surface area contributed by atoms with Crippen molar-refractivity contribution in [3.05, 3.63) is 29.8 Å². The Morgan fingerprint density at radius 2 is 1.89 bits per heavy atom. The molecule has 0 spiro atoms. The summed E-state index contributed by atoms with van der Waals surface area (Å²) in [6, 6.07) is 7.73. The van der Waals surface area contributed by atoms with Crippen LogP contribution in [0.4, 0.5) is 0 Å². The maximum absolute atomic E-state index is 11.3. The molecule has 0 aliphatic carbocycles. The molecule has 102 valence electrons. The average Bonchev–Trinajstić information content (AvgIpc) is 2.31. The van der Waals surface area contributed by atoms with Crippen molar-refractivity contribution in [2.45, 2.75) is 19.8 Å². The highest BCUT2D eigenvalue weighted by Crippen LogP contribution is 2.16. The molecule has 0 radical (unpaired) electrons. The van der Waals surface area contributed by atoms with E-state index in [9.17, 15) is 8.42 Å². The van der Waals surface area contributed by atoms with E-state index in [1.165, 1.54) is 0 Å². The van der Waals surface area contributed by atoms with Gasteiger partial charge < -0.3 is 9.84 Å². The Balaban J connectivity index is 2.22. The van der Waals surface area contributed by atoms with E-state index in [4.69, 9.17) is 9.84 Å². The number of sulfone groups is 1. The number of benzene rings is 1. The molecule has 0 unspecified atom stereocenters. The molecule has 0 aliphatic heterocycles. The lowest BCUT2D eigenvalue weighted by molar-refractivity contribution is 0.307. The molecule has 0 saturated carbocycles. The molecule has 0 saturated heterocycles. The zero-order valence-corrected chi connectivity index (χ0v) is 11.4. The molecule has 0 heterocycles. The Bertz CT molecular complexity index is 454. The van der Waals surface area contributed by atoms with Crippen LogP contribution >= 0.6 is 0 Å². The molecule has 18 heavy (non-hydrogen) atoms. The van der Waals surface area contributed by atoms with Crippen molar-refractivity contribution in [3.63, 3.8) is 0 Å². The van der Waals surface area contributed by atoms with Gasteiger partial charge in [0.2, 0.25) is 0 Å². The van der Waals surface area contributed by atoms with E-state index in [1.54, 1.807) is 0 Å². The highest BCUT2D eigenvalue weighted by Gasteiger charge is 2.09. The van der Waals surface area contributed by atoms with Crippen LogP contribution in [0.25, 0.3) is 0 Å². The van der Waals surface area contributed by atoms with Crippen molar-refractivity contribution in [1.29, 1.82) is 0 Å². The van der Waals surface area contributed by atoms with Gasteiger partial charge in [0.15, 0.2) is 9.84 Å². The van der Waals surface area contributed by atoms with E-state index in [2.05, 4.69) is 0 Å². The number of hydrogen-bond donors (Lipinski definition) is 1. The van der Waals surface area contributed by atoms with Crippen LogP contribution in [0.2, 0.25) is 0 Å². The fourth-order valence-electron chi connectivity index (χ4n) is 1.57. The first-order chi connectivity index (χ1) is 8.55. The van der Waals surface area contributed by atoms with Gasteiger partial charge in [0.25, 0.3) is 0 Å². The lowest BCUT2D eigenvalue weighted by Crippen LogP contribution is -2.14. The van der Waals surface area contributed by atoms with Crippen molar-refractivity contribution in [2.24, 2.45) is 0 Å². The van der Waals surface area contributed by atoms with Gasteiger partial charge in [-0.15, -0.1) is 0 Å². The fraction of sp³-hybridized carbons (Fsp3) is 0.538. The summed E-state index contributed by atoms with van der Waals surface area (Å²) in [7, 11) is -3.09. The van der Waals surface area contributed by atoms with Crippen molar-refractivity contribution >= 4 is 9.84 Å². The zero-order valence-electron chi connectivity index (χ0n) is 10.6.